The van der Waals surface area contributed by atoms with E-state index in [2.05, 4.69) is 23.8 Å². The Labute approximate surface area is 131 Å². The maximum atomic E-state index is 12.0. The van der Waals surface area contributed by atoms with E-state index in [4.69, 9.17) is 4.74 Å². The van der Waals surface area contributed by atoms with Crippen LogP contribution in [-0.2, 0) is 18.3 Å². The molecule has 21 heavy (non-hydrogen) atoms. The molecule has 1 aromatic heterocycles. The zero-order chi connectivity index (χ0) is 15.5. The van der Waals surface area contributed by atoms with Crippen LogP contribution in [0.15, 0.2) is 6.20 Å². The quantitative estimate of drug-likeness (QED) is 0.799. The largest absolute Gasteiger partial charge is 0.462 e. The van der Waals surface area contributed by atoms with Crippen LogP contribution in [0.4, 0.5) is 0 Å². The van der Waals surface area contributed by atoms with Gasteiger partial charge in [0.2, 0.25) is 0 Å². The van der Waals surface area contributed by atoms with Gasteiger partial charge in [-0.3, -0.25) is 9.58 Å². The van der Waals surface area contributed by atoms with E-state index >= 15 is 0 Å². The van der Waals surface area contributed by atoms with Crippen LogP contribution in [0.3, 0.4) is 0 Å². The van der Waals surface area contributed by atoms with Gasteiger partial charge in [0.15, 0.2) is 0 Å². The number of aromatic nitrogens is 2. The summed E-state index contributed by atoms with van der Waals surface area (Å²) < 4.78 is 7.24. The van der Waals surface area contributed by atoms with Gasteiger partial charge in [-0.15, -0.1) is 0 Å². The molecule has 5 nitrogen and oxygen atoms in total. The summed E-state index contributed by atoms with van der Waals surface area (Å²) in [4.78, 5) is 14.4. The standard InChI is InChI=1S/C15H25N3O2S/c1-5-20-14(19)12-10-16-17(4)13(12)11-18-7-6-15(2,3)21-9-8-18/h10H,5-9,11H2,1-4H3. The summed E-state index contributed by atoms with van der Waals surface area (Å²) in [6.07, 6.45) is 2.77. The molecule has 2 rings (SSSR count). The molecular formula is C15H25N3O2S. The van der Waals surface area contributed by atoms with E-state index in [9.17, 15) is 4.79 Å². The van der Waals surface area contributed by atoms with Crippen molar-refractivity contribution in [3.63, 3.8) is 0 Å². The smallest absolute Gasteiger partial charge is 0.341 e. The number of aryl methyl sites for hydroxylation is 1. The van der Waals surface area contributed by atoms with E-state index in [0.717, 1.165) is 37.5 Å². The molecule has 0 atom stereocenters. The second-order valence-corrected chi connectivity index (χ2v) is 7.79. The van der Waals surface area contributed by atoms with Crippen molar-refractivity contribution in [1.82, 2.24) is 14.7 Å². The van der Waals surface area contributed by atoms with Crippen LogP contribution in [0.1, 0.15) is 43.2 Å². The van der Waals surface area contributed by atoms with E-state index in [1.807, 2.05) is 25.7 Å². The number of ether oxygens (including phenoxy) is 1. The second-order valence-electron chi connectivity index (χ2n) is 5.98. The highest BCUT2D eigenvalue weighted by Crippen LogP contribution is 2.31. The summed E-state index contributed by atoms with van der Waals surface area (Å²) in [6, 6.07) is 0. The van der Waals surface area contributed by atoms with Crippen molar-refractivity contribution < 1.29 is 9.53 Å². The highest BCUT2D eigenvalue weighted by Gasteiger charge is 2.25. The molecule has 118 valence electrons. The monoisotopic (exact) mass is 311 g/mol. The maximum absolute atomic E-state index is 12.0. The molecule has 0 unspecified atom stereocenters. The summed E-state index contributed by atoms with van der Waals surface area (Å²) >= 11 is 2.02. The topological polar surface area (TPSA) is 47.4 Å². The van der Waals surface area contributed by atoms with Gasteiger partial charge in [-0.25, -0.2) is 4.79 Å². The number of hydrogen-bond acceptors (Lipinski definition) is 5. The first-order valence-corrected chi connectivity index (χ1v) is 8.46. The Bertz CT molecular complexity index is 499. The number of esters is 1. The molecule has 0 bridgehead atoms. The van der Waals surface area contributed by atoms with Gasteiger partial charge in [0.1, 0.15) is 5.56 Å². The zero-order valence-corrected chi connectivity index (χ0v) is 14.2. The van der Waals surface area contributed by atoms with Crippen molar-refractivity contribution in [2.45, 2.75) is 38.5 Å². The lowest BCUT2D eigenvalue weighted by atomic mass is 10.1. The van der Waals surface area contributed by atoms with Gasteiger partial charge in [0.05, 0.1) is 18.5 Å². The molecule has 1 aromatic rings. The number of carbonyl (C=O) groups is 1. The number of thioether (sulfide) groups is 1. The lowest BCUT2D eigenvalue weighted by molar-refractivity contribution is 0.0523. The molecule has 6 heteroatoms. The van der Waals surface area contributed by atoms with Crippen LogP contribution in [0.2, 0.25) is 0 Å². The fourth-order valence-electron chi connectivity index (χ4n) is 2.46. The molecular weight excluding hydrogens is 286 g/mol. The maximum Gasteiger partial charge on any atom is 0.341 e. The minimum atomic E-state index is -0.273. The van der Waals surface area contributed by atoms with Crippen molar-refractivity contribution in [1.29, 1.82) is 0 Å². The first kappa shape index (κ1) is 16.4. The predicted molar refractivity (Wildman–Crippen MR) is 85.6 cm³/mol. The highest BCUT2D eigenvalue weighted by molar-refractivity contribution is 8.00. The molecule has 1 saturated heterocycles. The second kappa shape index (κ2) is 6.83. The summed E-state index contributed by atoms with van der Waals surface area (Å²) in [5.74, 6) is 0.852. The molecule has 0 aromatic carbocycles. The molecule has 0 radical (unpaired) electrons. The minimum Gasteiger partial charge on any atom is -0.462 e. The average Bonchev–Trinajstić information content (AvgIpc) is 2.67. The normalized spacial score (nSPS) is 19.2. The molecule has 1 aliphatic heterocycles. The van der Waals surface area contributed by atoms with Gasteiger partial charge >= 0.3 is 5.97 Å². The van der Waals surface area contributed by atoms with Gasteiger partial charge in [-0.05, 0) is 19.9 Å². The van der Waals surface area contributed by atoms with Gasteiger partial charge in [-0.2, -0.15) is 16.9 Å². The zero-order valence-electron chi connectivity index (χ0n) is 13.4. The molecule has 1 aliphatic rings. The van der Waals surface area contributed by atoms with Crippen LogP contribution in [0, 0.1) is 0 Å². The lowest BCUT2D eigenvalue weighted by Gasteiger charge is -2.22. The first-order valence-electron chi connectivity index (χ1n) is 7.47. The van der Waals surface area contributed by atoms with Crippen LogP contribution < -0.4 is 0 Å². The van der Waals surface area contributed by atoms with Crippen LogP contribution >= 0.6 is 11.8 Å². The van der Waals surface area contributed by atoms with Crippen LogP contribution in [0.25, 0.3) is 0 Å². The summed E-state index contributed by atoms with van der Waals surface area (Å²) in [6.45, 7) is 9.66. The Balaban J connectivity index is 2.09. The van der Waals surface area contributed by atoms with Crippen LogP contribution in [0.5, 0.6) is 0 Å². The lowest BCUT2D eigenvalue weighted by Crippen LogP contribution is -2.28. The fraction of sp³-hybridized carbons (Fsp3) is 0.733. The van der Waals surface area contributed by atoms with E-state index < -0.39 is 0 Å². The van der Waals surface area contributed by atoms with E-state index in [1.165, 1.54) is 0 Å². The highest BCUT2D eigenvalue weighted by atomic mass is 32.2. The van der Waals surface area contributed by atoms with Gasteiger partial charge in [0.25, 0.3) is 0 Å². The Hall–Kier alpha value is -1.01. The van der Waals surface area contributed by atoms with Crippen molar-refractivity contribution >= 4 is 17.7 Å². The van der Waals surface area contributed by atoms with Crippen molar-refractivity contribution in [3.05, 3.63) is 17.5 Å². The molecule has 0 saturated carbocycles. The van der Waals surface area contributed by atoms with Crippen molar-refractivity contribution in [3.8, 4) is 0 Å². The third-order valence-electron chi connectivity index (χ3n) is 3.86. The van der Waals surface area contributed by atoms with Gasteiger partial charge in [0, 0.05) is 30.6 Å². The molecule has 2 heterocycles. The fourth-order valence-corrected chi connectivity index (χ4v) is 3.60. The Morgan fingerprint density at radius 2 is 2.24 bits per heavy atom. The van der Waals surface area contributed by atoms with Gasteiger partial charge in [-0.1, -0.05) is 13.8 Å². The number of nitrogens with zero attached hydrogens (tertiary/aromatic N) is 3. The third kappa shape index (κ3) is 4.23. The number of carbonyl (C=O) groups excluding carboxylic acids is 1. The number of rotatable bonds is 4. The van der Waals surface area contributed by atoms with E-state index in [-0.39, 0.29) is 5.97 Å². The van der Waals surface area contributed by atoms with Crippen molar-refractivity contribution in [2.75, 3.05) is 25.4 Å². The molecule has 0 aliphatic carbocycles. The Morgan fingerprint density at radius 3 is 2.95 bits per heavy atom. The van der Waals surface area contributed by atoms with Gasteiger partial charge < -0.3 is 4.74 Å². The van der Waals surface area contributed by atoms with E-state index in [1.54, 1.807) is 10.9 Å². The number of hydrogen-bond donors (Lipinski definition) is 0. The first-order chi connectivity index (χ1) is 9.93. The van der Waals surface area contributed by atoms with Crippen molar-refractivity contribution in [2.24, 2.45) is 7.05 Å². The van der Waals surface area contributed by atoms with Crippen LogP contribution in [-0.4, -0.2) is 50.8 Å². The molecule has 0 amide bonds. The minimum absolute atomic E-state index is 0.273. The average molecular weight is 311 g/mol. The predicted octanol–water partition coefficient (Wildman–Crippen LogP) is 2.31. The third-order valence-corrected chi connectivity index (χ3v) is 5.23. The molecule has 0 spiro atoms. The SMILES string of the molecule is CCOC(=O)c1cnn(C)c1CN1CCSC(C)(C)CC1. The van der Waals surface area contributed by atoms with E-state index in [0.29, 0.717) is 16.9 Å². The Morgan fingerprint density at radius 1 is 1.48 bits per heavy atom. The Kier molecular flexibility index (Phi) is 5.32. The molecule has 1 fully saturated rings. The summed E-state index contributed by atoms with van der Waals surface area (Å²) in [5.41, 5.74) is 1.54. The molecule has 0 N–H and O–H groups in total. The summed E-state index contributed by atoms with van der Waals surface area (Å²) in [7, 11) is 1.88. The summed E-state index contributed by atoms with van der Waals surface area (Å²) in [5, 5.41) is 4.22.